The number of esters is 1. The lowest BCUT2D eigenvalue weighted by Gasteiger charge is -2.15. The number of fused-ring (bicyclic) bond motifs is 1. The third-order valence-corrected chi connectivity index (χ3v) is 4.90. The fourth-order valence-corrected chi connectivity index (χ4v) is 3.21. The number of unbranched alkanes of at least 4 members (excludes halogenated alkanes) is 1. The smallest absolute Gasteiger partial charge is 0.342 e. The van der Waals surface area contributed by atoms with Crippen LogP contribution in [0.1, 0.15) is 66.6 Å². The highest BCUT2D eigenvalue weighted by Gasteiger charge is 2.31. The molecule has 1 aliphatic heterocycles. The Bertz CT molecular complexity index is 752. The zero-order chi connectivity index (χ0) is 20.0. The number of nitrogens with one attached hydrogen (secondary N) is 1. The molecule has 0 aromatic heterocycles. The highest BCUT2D eigenvalue weighted by atomic mass is 16.5. The Balaban J connectivity index is 2.09. The maximum Gasteiger partial charge on any atom is 0.342 e. The summed E-state index contributed by atoms with van der Waals surface area (Å²) in [4.78, 5) is 23.7. The van der Waals surface area contributed by atoms with E-state index < -0.39 is 5.97 Å². The van der Waals surface area contributed by atoms with Crippen LogP contribution in [-0.2, 0) is 22.6 Å². The number of methoxy groups -OCH3 is 1. The van der Waals surface area contributed by atoms with E-state index >= 15 is 0 Å². The van der Waals surface area contributed by atoms with Crippen molar-refractivity contribution in [1.29, 1.82) is 0 Å². The number of carbonyl (C=O) groups is 2. The predicted molar refractivity (Wildman–Crippen MR) is 103 cm³/mol. The second kappa shape index (κ2) is 9.44. The maximum absolute atomic E-state index is 11.9. The lowest BCUT2D eigenvalue weighted by Crippen LogP contribution is -2.23. The van der Waals surface area contributed by atoms with Gasteiger partial charge in [-0.1, -0.05) is 25.0 Å². The average Bonchev–Trinajstić information content (AvgIpc) is 3.04. The van der Waals surface area contributed by atoms with Crippen LogP contribution < -0.4 is 10.1 Å². The van der Waals surface area contributed by atoms with Gasteiger partial charge in [0.15, 0.2) is 0 Å². The summed E-state index contributed by atoms with van der Waals surface area (Å²) in [6.07, 6.45) is 5.50. The Hall–Kier alpha value is -2.50. The molecule has 0 atom stereocenters. The SMILES string of the molecule is CCCCNC(=O)CC/C(C)=C/Cc1c(O)c2c(c(C)c1OC)COC2=O. The Labute approximate surface area is 160 Å². The van der Waals surface area contributed by atoms with Crippen LogP contribution >= 0.6 is 0 Å². The highest BCUT2D eigenvalue weighted by Crippen LogP contribution is 2.42. The van der Waals surface area contributed by atoms with E-state index in [0.717, 1.165) is 24.0 Å². The van der Waals surface area contributed by atoms with Crippen LogP contribution in [0, 0.1) is 6.92 Å². The molecule has 2 rings (SSSR count). The van der Waals surface area contributed by atoms with Crippen molar-refractivity contribution in [3.05, 3.63) is 33.9 Å². The Kier molecular flexibility index (Phi) is 7.28. The molecule has 0 fully saturated rings. The van der Waals surface area contributed by atoms with E-state index in [9.17, 15) is 14.7 Å². The third-order valence-electron chi connectivity index (χ3n) is 4.90. The Morgan fingerprint density at radius 3 is 2.78 bits per heavy atom. The average molecular weight is 375 g/mol. The van der Waals surface area contributed by atoms with E-state index in [1.807, 2.05) is 19.9 Å². The molecule has 1 aromatic rings. The van der Waals surface area contributed by atoms with Crippen molar-refractivity contribution in [3.63, 3.8) is 0 Å². The molecule has 27 heavy (non-hydrogen) atoms. The molecule has 0 aliphatic carbocycles. The number of cyclic esters (lactones) is 1. The predicted octanol–water partition coefficient (Wildman–Crippen LogP) is 3.56. The van der Waals surface area contributed by atoms with E-state index in [4.69, 9.17) is 9.47 Å². The minimum atomic E-state index is -0.501. The molecule has 6 nitrogen and oxygen atoms in total. The quantitative estimate of drug-likeness (QED) is 0.392. The van der Waals surface area contributed by atoms with Crippen LogP contribution in [0.4, 0.5) is 0 Å². The number of ether oxygens (including phenoxy) is 2. The molecule has 0 spiro atoms. The van der Waals surface area contributed by atoms with Gasteiger partial charge in [0.25, 0.3) is 0 Å². The fourth-order valence-electron chi connectivity index (χ4n) is 3.21. The molecule has 6 heteroatoms. The lowest BCUT2D eigenvalue weighted by atomic mass is 9.94. The van der Waals surface area contributed by atoms with E-state index in [0.29, 0.717) is 42.7 Å². The van der Waals surface area contributed by atoms with Crippen molar-refractivity contribution in [3.8, 4) is 11.5 Å². The monoisotopic (exact) mass is 375 g/mol. The van der Waals surface area contributed by atoms with Gasteiger partial charge in [-0.3, -0.25) is 4.79 Å². The number of phenols is 1. The van der Waals surface area contributed by atoms with Gasteiger partial charge in [0, 0.05) is 24.1 Å². The van der Waals surface area contributed by atoms with Crippen molar-refractivity contribution < 1.29 is 24.2 Å². The van der Waals surface area contributed by atoms with Gasteiger partial charge in [-0.2, -0.15) is 0 Å². The summed E-state index contributed by atoms with van der Waals surface area (Å²) in [5, 5.41) is 13.5. The van der Waals surface area contributed by atoms with Crippen LogP contribution in [0.2, 0.25) is 0 Å². The number of hydrogen-bond acceptors (Lipinski definition) is 5. The first-order valence-electron chi connectivity index (χ1n) is 9.41. The summed E-state index contributed by atoms with van der Waals surface area (Å²) < 4.78 is 10.5. The number of hydrogen-bond donors (Lipinski definition) is 2. The minimum Gasteiger partial charge on any atom is -0.507 e. The number of amides is 1. The van der Waals surface area contributed by atoms with Crippen LogP contribution in [0.5, 0.6) is 11.5 Å². The van der Waals surface area contributed by atoms with Crippen molar-refractivity contribution in [2.24, 2.45) is 0 Å². The zero-order valence-electron chi connectivity index (χ0n) is 16.6. The van der Waals surface area contributed by atoms with Gasteiger partial charge in [0.1, 0.15) is 23.7 Å². The summed E-state index contributed by atoms with van der Waals surface area (Å²) >= 11 is 0. The number of carbonyl (C=O) groups excluding carboxylic acids is 2. The van der Waals surface area contributed by atoms with E-state index in [-0.39, 0.29) is 23.8 Å². The number of phenolic OH excluding ortho intramolecular Hbond substituents is 1. The first kappa shape index (κ1) is 20.8. The van der Waals surface area contributed by atoms with Crippen molar-refractivity contribution in [2.45, 2.75) is 59.5 Å². The number of aromatic hydroxyl groups is 1. The largest absolute Gasteiger partial charge is 0.507 e. The van der Waals surface area contributed by atoms with Crippen molar-refractivity contribution in [2.75, 3.05) is 13.7 Å². The molecule has 0 unspecified atom stereocenters. The first-order valence-corrected chi connectivity index (χ1v) is 9.41. The maximum atomic E-state index is 11.9. The van der Waals surface area contributed by atoms with Crippen molar-refractivity contribution >= 4 is 11.9 Å². The van der Waals surface area contributed by atoms with Gasteiger partial charge < -0.3 is 19.9 Å². The third kappa shape index (κ3) is 4.81. The molecule has 1 aromatic carbocycles. The molecule has 0 saturated carbocycles. The van der Waals surface area contributed by atoms with E-state index in [1.165, 1.54) is 0 Å². The van der Waals surface area contributed by atoms with Crippen LogP contribution in [-0.4, -0.2) is 30.6 Å². The topological polar surface area (TPSA) is 84.9 Å². The van der Waals surface area contributed by atoms with E-state index in [2.05, 4.69) is 12.2 Å². The molecule has 2 N–H and O–H groups in total. The summed E-state index contributed by atoms with van der Waals surface area (Å²) in [7, 11) is 1.55. The molecule has 0 saturated heterocycles. The fraction of sp³-hybridized carbons (Fsp3) is 0.524. The van der Waals surface area contributed by atoms with Gasteiger partial charge in [-0.25, -0.2) is 4.79 Å². The lowest BCUT2D eigenvalue weighted by molar-refractivity contribution is -0.121. The van der Waals surface area contributed by atoms with Gasteiger partial charge in [-0.15, -0.1) is 0 Å². The van der Waals surface area contributed by atoms with Gasteiger partial charge in [0.05, 0.1) is 7.11 Å². The number of allylic oxidation sites excluding steroid dienone is 2. The van der Waals surface area contributed by atoms with Gasteiger partial charge in [0.2, 0.25) is 5.91 Å². The zero-order valence-corrected chi connectivity index (χ0v) is 16.6. The molecular formula is C21H29NO5. The molecule has 1 aliphatic rings. The summed E-state index contributed by atoms with van der Waals surface area (Å²) in [5.74, 6) is 0.0499. The van der Waals surface area contributed by atoms with Crippen LogP contribution in [0.25, 0.3) is 0 Å². The molecule has 148 valence electrons. The molecule has 1 heterocycles. The highest BCUT2D eigenvalue weighted by molar-refractivity contribution is 5.98. The molecular weight excluding hydrogens is 346 g/mol. The first-order chi connectivity index (χ1) is 12.9. The molecule has 0 radical (unpaired) electrons. The number of rotatable bonds is 9. The van der Waals surface area contributed by atoms with E-state index in [1.54, 1.807) is 7.11 Å². The normalized spacial score (nSPS) is 13.3. The number of benzene rings is 1. The summed E-state index contributed by atoms with van der Waals surface area (Å²) in [6.45, 7) is 6.78. The second-order valence-electron chi connectivity index (χ2n) is 6.87. The van der Waals surface area contributed by atoms with Gasteiger partial charge >= 0.3 is 5.97 Å². The standard InChI is InChI=1S/C21H29NO5/c1-5-6-11-22-17(23)10-8-13(2)7-9-15-19(24)18-16(12-27-21(18)25)14(3)20(15)26-4/h7,24H,5-6,8-12H2,1-4H3,(H,22,23)/b13-7+. The van der Waals surface area contributed by atoms with Crippen molar-refractivity contribution in [1.82, 2.24) is 5.32 Å². The Morgan fingerprint density at radius 1 is 1.37 bits per heavy atom. The second-order valence-corrected chi connectivity index (χ2v) is 6.87. The summed E-state index contributed by atoms with van der Waals surface area (Å²) in [5.41, 5.74) is 3.35. The van der Waals surface area contributed by atoms with Crippen LogP contribution in [0.3, 0.4) is 0 Å². The van der Waals surface area contributed by atoms with Gasteiger partial charge in [-0.05, 0) is 38.7 Å². The summed E-state index contributed by atoms with van der Waals surface area (Å²) in [6, 6.07) is 0. The molecule has 0 bridgehead atoms. The minimum absolute atomic E-state index is 0.0488. The Morgan fingerprint density at radius 2 is 2.11 bits per heavy atom. The molecule has 1 amide bonds. The van der Waals surface area contributed by atoms with Crippen LogP contribution in [0.15, 0.2) is 11.6 Å².